The third kappa shape index (κ3) is 2.26. The van der Waals surface area contributed by atoms with Gasteiger partial charge in [0.05, 0.1) is 14.4 Å². The molecule has 0 aromatic carbocycles. The topological polar surface area (TPSA) is 45.9 Å². The molecule has 2 fully saturated rings. The molecule has 0 radical (unpaired) electrons. The maximum atomic E-state index is 9.36. The van der Waals surface area contributed by atoms with E-state index in [1.807, 2.05) is 0 Å². The van der Waals surface area contributed by atoms with Crippen molar-refractivity contribution in [2.75, 3.05) is 6.56 Å². The summed E-state index contributed by atoms with van der Waals surface area (Å²) < 4.78 is 54.2. The summed E-state index contributed by atoms with van der Waals surface area (Å²) in [6.07, 6.45) is -3.04. The van der Waals surface area contributed by atoms with Gasteiger partial charge in [-0.1, -0.05) is 18.8 Å². The van der Waals surface area contributed by atoms with Gasteiger partial charge in [0.2, 0.25) is 0 Å². The van der Waals surface area contributed by atoms with Gasteiger partial charge in [-0.3, -0.25) is 4.98 Å². The maximum Gasteiger partial charge on any atom is 0.0692 e. The van der Waals surface area contributed by atoms with Crippen molar-refractivity contribution in [2.45, 2.75) is 55.9 Å². The number of hydrogen-bond acceptors (Lipinski definition) is 3. The third-order valence-corrected chi connectivity index (χ3v) is 3.93. The molecule has 0 bridgehead atoms. The van der Waals surface area contributed by atoms with Gasteiger partial charge < -0.3 is 4.74 Å². The van der Waals surface area contributed by atoms with Crippen molar-refractivity contribution in [2.24, 2.45) is 0 Å². The lowest BCUT2D eigenvalue weighted by molar-refractivity contribution is -0.102. The first-order chi connectivity index (χ1) is 11.5. The number of pyridine rings is 1. The normalized spacial score (nSPS) is 41.8. The van der Waals surface area contributed by atoms with Gasteiger partial charge in [0.1, 0.15) is 0 Å². The van der Waals surface area contributed by atoms with Gasteiger partial charge in [-0.05, 0) is 37.8 Å². The molecule has 0 N–H and O–H groups in total. The number of nitriles is 1. The van der Waals surface area contributed by atoms with Gasteiger partial charge in [-0.25, -0.2) is 0 Å². The van der Waals surface area contributed by atoms with Crippen LogP contribution in [0, 0.1) is 11.3 Å². The van der Waals surface area contributed by atoms with Gasteiger partial charge in [-0.2, -0.15) is 5.26 Å². The zero-order valence-corrected chi connectivity index (χ0v) is 10.6. The average Bonchev–Trinajstić information content (AvgIpc) is 2.61. The van der Waals surface area contributed by atoms with E-state index in [-0.39, 0.29) is 32.1 Å². The van der Waals surface area contributed by atoms with E-state index < -0.39 is 30.3 Å². The number of rotatable bonds is 2. The molecule has 1 saturated heterocycles. The van der Waals surface area contributed by atoms with Crippen LogP contribution in [0.15, 0.2) is 24.4 Å². The quantitative estimate of drug-likeness (QED) is 0.821. The molecular formula is C16H20N2O. The van der Waals surface area contributed by atoms with E-state index >= 15 is 0 Å². The monoisotopic (exact) mass is 262 g/mol. The van der Waals surface area contributed by atoms with Crippen LogP contribution in [0.1, 0.15) is 58.8 Å². The van der Waals surface area contributed by atoms with E-state index in [9.17, 15) is 5.26 Å². The van der Waals surface area contributed by atoms with Crippen LogP contribution >= 0.6 is 0 Å². The van der Waals surface area contributed by atoms with E-state index in [1.54, 1.807) is 24.4 Å². The average molecular weight is 262 g/mol. The lowest BCUT2D eigenvalue weighted by atomic mass is 9.68. The van der Waals surface area contributed by atoms with Crippen LogP contribution in [-0.2, 0) is 10.2 Å². The van der Waals surface area contributed by atoms with Crippen molar-refractivity contribution in [1.29, 1.82) is 5.26 Å². The molecule has 1 aliphatic carbocycles. The molecule has 1 unspecified atom stereocenters. The highest BCUT2D eigenvalue weighted by Gasteiger charge is 2.48. The molecule has 1 aromatic heterocycles. The Bertz CT molecular complexity index is 686. The molecule has 1 spiro atoms. The van der Waals surface area contributed by atoms with Crippen molar-refractivity contribution < 1.29 is 13.0 Å². The molecule has 1 saturated carbocycles. The Morgan fingerprint density at radius 3 is 2.89 bits per heavy atom. The van der Waals surface area contributed by atoms with Crippen LogP contribution in [0.2, 0.25) is 0 Å². The minimum absolute atomic E-state index is 0.0145. The van der Waals surface area contributed by atoms with Gasteiger partial charge in [0.25, 0.3) is 0 Å². The van der Waals surface area contributed by atoms with Crippen LogP contribution in [0.4, 0.5) is 0 Å². The van der Waals surface area contributed by atoms with E-state index in [0.717, 1.165) is 0 Å². The largest absolute Gasteiger partial charge is 0.375 e. The summed E-state index contributed by atoms with van der Waals surface area (Å²) in [5, 5.41) is 9.36. The second-order valence-electron chi connectivity index (χ2n) is 5.32. The molecule has 3 nitrogen and oxygen atoms in total. The summed E-state index contributed by atoms with van der Waals surface area (Å²) in [5.41, 5.74) is -1.67. The first kappa shape index (κ1) is 7.40. The Labute approximate surface area is 123 Å². The summed E-state index contributed by atoms with van der Waals surface area (Å²) in [4.78, 5) is 4.33. The second-order valence-corrected chi connectivity index (χ2v) is 5.32. The Morgan fingerprint density at radius 1 is 1.37 bits per heavy atom. The Hall–Kier alpha value is -1.40. The first-order valence-electron chi connectivity index (χ1n) is 9.44. The number of ether oxygens (including phenoxy) is 1. The number of nitrogens with zero attached hydrogens (tertiary/aromatic N) is 2. The van der Waals surface area contributed by atoms with Crippen LogP contribution in [0.25, 0.3) is 0 Å². The lowest BCUT2D eigenvalue weighted by Crippen LogP contribution is -2.46. The van der Waals surface area contributed by atoms with E-state index in [1.165, 1.54) is 0 Å². The molecule has 1 aromatic rings. The Kier molecular flexibility index (Phi) is 1.92. The molecule has 100 valence electrons. The highest BCUT2D eigenvalue weighted by atomic mass is 16.5. The zero-order valence-electron chi connectivity index (χ0n) is 16.6. The predicted octanol–water partition coefficient (Wildman–Crippen LogP) is 3.36. The molecule has 2 aliphatic rings. The zero-order chi connectivity index (χ0) is 18.6. The van der Waals surface area contributed by atoms with Crippen LogP contribution < -0.4 is 0 Å². The fourth-order valence-corrected chi connectivity index (χ4v) is 2.97. The summed E-state index contributed by atoms with van der Waals surface area (Å²) in [5.74, 6) is 0. The minimum atomic E-state index is -2.12. The Morgan fingerprint density at radius 2 is 2.21 bits per heavy atom. The molecule has 3 rings (SSSR count). The number of aromatic nitrogens is 1. The van der Waals surface area contributed by atoms with Crippen LogP contribution in [-0.4, -0.2) is 17.1 Å². The first-order valence-corrected chi connectivity index (χ1v) is 6.44. The van der Waals surface area contributed by atoms with Crippen molar-refractivity contribution >= 4 is 0 Å². The molecular weight excluding hydrogens is 236 g/mol. The Balaban J connectivity index is 2.09. The van der Waals surface area contributed by atoms with E-state index in [4.69, 9.17) is 13.0 Å². The molecule has 1 atom stereocenters. The summed E-state index contributed by atoms with van der Waals surface area (Å²) in [6, 6.07) is 7.36. The molecule has 1 aliphatic heterocycles. The van der Waals surface area contributed by atoms with Gasteiger partial charge in [0.15, 0.2) is 0 Å². The van der Waals surface area contributed by atoms with Crippen molar-refractivity contribution in [3.8, 4) is 6.07 Å². The number of hydrogen-bond donors (Lipinski definition) is 0. The minimum Gasteiger partial charge on any atom is -0.375 e. The molecule has 19 heavy (non-hydrogen) atoms. The summed E-state index contributed by atoms with van der Waals surface area (Å²) in [6.45, 7) is -2.09. The molecule has 3 heteroatoms. The van der Waals surface area contributed by atoms with Gasteiger partial charge in [0, 0.05) is 35.8 Å². The van der Waals surface area contributed by atoms with Gasteiger partial charge in [-0.15, -0.1) is 0 Å². The van der Waals surface area contributed by atoms with Gasteiger partial charge >= 0.3 is 0 Å². The van der Waals surface area contributed by atoms with Crippen molar-refractivity contribution in [3.63, 3.8) is 0 Å². The highest BCUT2D eigenvalue weighted by Crippen LogP contribution is 2.49. The predicted molar refractivity (Wildman–Crippen MR) is 72.5 cm³/mol. The smallest absolute Gasteiger partial charge is 0.0692 e. The molecule has 2 heterocycles. The fraction of sp³-hybridized carbons (Fsp3) is 0.625. The molecule has 0 amide bonds. The lowest BCUT2D eigenvalue weighted by Gasteiger charge is -2.45. The maximum absolute atomic E-state index is 9.36. The van der Waals surface area contributed by atoms with Crippen LogP contribution in [0.5, 0.6) is 0 Å². The second kappa shape index (κ2) is 4.94. The SMILES string of the molecule is [2H]C1([2H])CC(CC#N)(c2ccccn2)CC2(CC([2H])([2H])C([2H])([2H])C2)O1. The van der Waals surface area contributed by atoms with E-state index in [0.29, 0.717) is 5.69 Å². The third-order valence-electron chi connectivity index (χ3n) is 3.93. The van der Waals surface area contributed by atoms with Crippen molar-refractivity contribution in [3.05, 3.63) is 30.1 Å². The van der Waals surface area contributed by atoms with Crippen molar-refractivity contribution in [1.82, 2.24) is 4.98 Å². The fourth-order valence-electron chi connectivity index (χ4n) is 2.97. The van der Waals surface area contributed by atoms with Crippen LogP contribution in [0.3, 0.4) is 0 Å². The standard InChI is InChI=1S/C16H20N2O/c17-10-8-15(14-5-1-4-11-18-14)9-12-19-16(13-15)6-2-3-7-16/h1,4-5,11H,2-3,6-9,12-13H2/i2D2,3D2,12D2. The highest BCUT2D eigenvalue weighted by molar-refractivity contribution is 5.22. The summed E-state index contributed by atoms with van der Waals surface area (Å²) in [7, 11) is 0. The summed E-state index contributed by atoms with van der Waals surface area (Å²) >= 11 is 0. The van der Waals surface area contributed by atoms with E-state index in [2.05, 4.69) is 11.1 Å².